The van der Waals surface area contributed by atoms with Crippen LogP contribution < -0.4 is 10.5 Å². The molecular formula is C21H23FN4O3S2. The summed E-state index contributed by atoms with van der Waals surface area (Å²) >= 11 is 0.885. The third kappa shape index (κ3) is 3.92. The number of nitriles is 1. The second kappa shape index (κ2) is 8.41. The molecule has 0 saturated heterocycles. The Morgan fingerprint density at radius 1 is 1.32 bits per heavy atom. The SMILES string of the molecule is CC(O)(CO)c1cc(F)c(S(N)=NC(=O)Nc2c3c(c(C#N)c4c2CCC4)CCC3)s1. The molecule has 0 radical (unpaired) electrons. The number of anilines is 1. The van der Waals surface area contributed by atoms with Crippen LogP contribution in [0.4, 0.5) is 14.9 Å². The van der Waals surface area contributed by atoms with Gasteiger partial charge in [-0.25, -0.2) is 9.18 Å². The van der Waals surface area contributed by atoms with Crippen LogP contribution in [-0.2, 0) is 42.2 Å². The molecule has 0 aliphatic heterocycles. The molecule has 1 heterocycles. The first-order chi connectivity index (χ1) is 14.8. The number of carbonyl (C=O) groups excluding carboxylic acids is 1. The fraction of sp³-hybridized carbons (Fsp3) is 0.429. The van der Waals surface area contributed by atoms with Crippen LogP contribution in [0, 0.1) is 17.1 Å². The number of carbonyl (C=O) groups is 1. The van der Waals surface area contributed by atoms with Gasteiger partial charge in [-0.2, -0.15) is 9.62 Å². The topological polar surface area (TPSA) is 132 Å². The predicted octanol–water partition coefficient (Wildman–Crippen LogP) is 3.20. The minimum Gasteiger partial charge on any atom is -0.393 e. The van der Waals surface area contributed by atoms with E-state index in [1.165, 1.54) is 6.92 Å². The van der Waals surface area contributed by atoms with Crippen LogP contribution in [0.3, 0.4) is 0 Å². The molecule has 0 saturated carbocycles. The lowest BCUT2D eigenvalue weighted by atomic mass is 9.93. The van der Waals surface area contributed by atoms with Gasteiger partial charge in [-0.3, -0.25) is 5.14 Å². The zero-order chi connectivity index (χ0) is 22.3. The van der Waals surface area contributed by atoms with Crippen LogP contribution >= 0.6 is 11.3 Å². The Bertz CT molecular complexity index is 1120. The van der Waals surface area contributed by atoms with E-state index in [4.69, 9.17) is 5.14 Å². The number of thiophene rings is 1. The van der Waals surface area contributed by atoms with Gasteiger partial charge in [0, 0.05) is 21.4 Å². The standard InChI is InChI=1S/C21H23FN4O3S2/c1-21(29,10-27)17-8-16(22)19(30-17)31(24)26-20(28)25-18-13-6-2-4-11(13)15(9-23)12-5-3-7-14(12)18/h8,27,29H,2-7,10H2,1H3,(H3,24,25,26,28). The van der Waals surface area contributed by atoms with Gasteiger partial charge in [-0.1, -0.05) is 0 Å². The number of aliphatic hydroxyl groups is 2. The molecule has 2 aliphatic carbocycles. The van der Waals surface area contributed by atoms with E-state index in [9.17, 15) is 24.7 Å². The fourth-order valence-electron chi connectivity index (χ4n) is 4.34. The van der Waals surface area contributed by atoms with Crippen LogP contribution in [0.25, 0.3) is 0 Å². The number of nitrogens with one attached hydrogen (secondary N) is 1. The normalized spacial score (nSPS) is 17.7. The molecule has 2 aliphatic rings. The lowest BCUT2D eigenvalue weighted by Gasteiger charge is -2.17. The number of fused-ring (bicyclic) bond motifs is 2. The van der Waals surface area contributed by atoms with E-state index in [-0.39, 0.29) is 9.09 Å². The Hall–Kier alpha value is -2.16. The van der Waals surface area contributed by atoms with E-state index in [2.05, 4.69) is 15.7 Å². The summed E-state index contributed by atoms with van der Waals surface area (Å²) in [6.07, 6.45) is 5.09. The average Bonchev–Trinajstić information content (AvgIpc) is 3.47. The van der Waals surface area contributed by atoms with E-state index in [1.54, 1.807) is 0 Å². The molecule has 2 aromatic rings. The quantitative estimate of drug-likeness (QED) is 0.554. The third-order valence-electron chi connectivity index (χ3n) is 5.85. The van der Waals surface area contributed by atoms with Crippen molar-refractivity contribution in [3.63, 3.8) is 0 Å². The second-order valence-electron chi connectivity index (χ2n) is 8.00. The Labute approximate surface area is 185 Å². The number of urea groups is 1. The van der Waals surface area contributed by atoms with Crippen molar-refractivity contribution >= 4 is 33.9 Å². The first kappa shape index (κ1) is 22.0. The lowest BCUT2D eigenvalue weighted by Crippen LogP contribution is -2.24. The Morgan fingerprint density at radius 2 is 1.90 bits per heavy atom. The molecule has 2 atom stereocenters. The molecule has 2 amide bonds. The number of nitrogens with zero attached hydrogens (tertiary/aromatic N) is 2. The number of rotatable bonds is 4. The molecule has 1 aromatic heterocycles. The van der Waals surface area contributed by atoms with Crippen molar-refractivity contribution in [1.29, 1.82) is 5.26 Å². The van der Waals surface area contributed by atoms with Gasteiger partial charge in [0.05, 0.1) is 18.2 Å². The number of hydrogen-bond acceptors (Lipinski definition) is 5. The summed E-state index contributed by atoms with van der Waals surface area (Å²) in [7, 11) is -1.56. The Balaban J connectivity index is 1.65. The van der Waals surface area contributed by atoms with Gasteiger partial charge in [0.25, 0.3) is 0 Å². The molecule has 1 aromatic carbocycles. The number of aliphatic hydroxyl groups excluding tert-OH is 1. The summed E-state index contributed by atoms with van der Waals surface area (Å²) in [5.74, 6) is -0.670. The molecule has 10 heteroatoms. The minimum absolute atomic E-state index is 0.0363. The molecule has 5 N–H and O–H groups in total. The van der Waals surface area contributed by atoms with E-state index < -0.39 is 34.9 Å². The van der Waals surface area contributed by atoms with E-state index in [1.807, 2.05) is 0 Å². The number of nitrogens with two attached hydrogens (primary N) is 1. The zero-order valence-corrected chi connectivity index (χ0v) is 18.6. The van der Waals surface area contributed by atoms with Crippen molar-refractivity contribution in [2.75, 3.05) is 11.9 Å². The zero-order valence-electron chi connectivity index (χ0n) is 17.0. The fourth-order valence-corrected chi connectivity index (χ4v) is 6.43. The van der Waals surface area contributed by atoms with Crippen LogP contribution in [0.15, 0.2) is 14.6 Å². The highest BCUT2D eigenvalue weighted by molar-refractivity contribution is 7.87. The summed E-state index contributed by atoms with van der Waals surface area (Å²) < 4.78 is 18.3. The van der Waals surface area contributed by atoms with Crippen molar-refractivity contribution < 1.29 is 19.4 Å². The molecule has 2 unspecified atom stereocenters. The number of amides is 2. The maximum Gasteiger partial charge on any atom is 0.352 e. The summed E-state index contributed by atoms with van der Waals surface area (Å²) in [4.78, 5) is 12.9. The molecule has 0 bridgehead atoms. The van der Waals surface area contributed by atoms with Crippen molar-refractivity contribution in [2.45, 2.75) is 55.3 Å². The maximum absolute atomic E-state index is 14.4. The lowest BCUT2D eigenvalue weighted by molar-refractivity contribution is 0.000654. The largest absolute Gasteiger partial charge is 0.393 e. The first-order valence-electron chi connectivity index (χ1n) is 10.0. The Morgan fingerprint density at radius 3 is 2.45 bits per heavy atom. The van der Waals surface area contributed by atoms with Crippen LogP contribution in [0.1, 0.15) is 52.5 Å². The van der Waals surface area contributed by atoms with E-state index in [0.717, 1.165) is 89.4 Å². The van der Waals surface area contributed by atoms with Gasteiger partial charge in [0.1, 0.15) is 15.6 Å². The molecule has 0 fully saturated rings. The highest BCUT2D eigenvalue weighted by atomic mass is 32.2. The summed E-state index contributed by atoms with van der Waals surface area (Å²) in [6, 6.07) is 2.80. The number of benzene rings is 1. The van der Waals surface area contributed by atoms with Gasteiger partial charge in [0.2, 0.25) is 0 Å². The molecule has 0 spiro atoms. The van der Waals surface area contributed by atoms with Gasteiger partial charge in [-0.15, -0.1) is 11.3 Å². The van der Waals surface area contributed by atoms with Gasteiger partial charge in [-0.05, 0) is 73.8 Å². The molecule has 164 valence electrons. The predicted molar refractivity (Wildman–Crippen MR) is 117 cm³/mol. The highest BCUT2D eigenvalue weighted by Gasteiger charge is 2.30. The van der Waals surface area contributed by atoms with Crippen molar-refractivity contribution in [3.05, 3.63) is 44.6 Å². The number of hydrogen-bond donors (Lipinski definition) is 4. The van der Waals surface area contributed by atoms with E-state index >= 15 is 0 Å². The summed E-state index contributed by atoms with van der Waals surface area (Å²) in [5.41, 5.74) is 3.94. The molecular weight excluding hydrogens is 439 g/mol. The molecule has 4 rings (SSSR count). The summed E-state index contributed by atoms with van der Waals surface area (Å²) in [6.45, 7) is 0.796. The average molecular weight is 463 g/mol. The van der Waals surface area contributed by atoms with Crippen molar-refractivity contribution in [2.24, 2.45) is 9.50 Å². The third-order valence-corrected chi connectivity index (χ3v) is 8.71. The Kier molecular flexibility index (Phi) is 5.98. The van der Waals surface area contributed by atoms with E-state index in [0.29, 0.717) is 0 Å². The van der Waals surface area contributed by atoms with Gasteiger partial charge in [0.15, 0.2) is 0 Å². The van der Waals surface area contributed by atoms with Crippen LogP contribution in [0.2, 0.25) is 0 Å². The number of halogens is 1. The van der Waals surface area contributed by atoms with Crippen molar-refractivity contribution in [1.82, 2.24) is 0 Å². The first-order valence-corrected chi connectivity index (χ1v) is 12.1. The van der Waals surface area contributed by atoms with Gasteiger partial charge < -0.3 is 15.5 Å². The molecule has 31 heavy (non-hydrogen) atoms. The second-order valence-corrected chi connectivity index (χ2v) is 10.5. The maximum atomic E-state index is 14.4. The van der Waals surface area contributed by atoms with Gasteiger partial charge >= 0.3 is 6.03 Å². The smallest absolute Gasteiger partial charge is 0.352 e. The molecule has 7 nitrogen and oxygen atoms in total. The highest BCUT2D eigenvalue weighted by Crippen LogP contribution is 2.41. The minimum atomic E-state index is -1.60. The summed E-state index contributed by atoms with van der Waals surface area (Å²) in [5, 5.41) is 37.9. The van der Waals surface area contributed by atoms with Crippen LogP contribution in [-0.4, -0.2) is 22.9 Å². The van der Waals surface area contributed by atoms with Crippen LogP contribution in [0.5, 0.6) is 0 Å². The monoisotopic (exact) mass is 462 g/mol. The van der Waals surface area contributed by atoms with Crippen molar-refractivity contribution in [3.8, 4) is 6.07 Å².